The molecular weight excluding hydrogens is 236 g/mol. The molecule has 108 valence electrons. The summed E-state index contributed by atoms with van der Waals surface area (Å²) in [6, 6.07) is 4.44. The van der Waals surface area contributed by atoms with Crippen LogP contribution in [0.5, 0.6) is 5.75 Å². The van der Waals surface area contributed by atoms with E-state index in [0.29, 0.717) is 0 Å². The van der Waals surface area contributed by atoms with E-state index in [1.807, 2.05) is 7.05 Å². The molecule has 0 radical (unpaired) electrons. The van der Waals surface area contributed by atoms with Crippen molar-refractivity contribution in [2.75, 3.05) is 27.2 Å². The SMILES string of the molecule is CNCC(C)(C)NCCc1cc(C)c(OC)c(C)c1. The quantitative estimate of drug-likeness (QED) is 0.793. The Morgan fingerprint density at radius 2 is 1.74 bits per heavy atom. The molecule has 0 aliphatic rings. The van der Waals surface area contributed by atoms with Crippen LogP contribution in [-0.2, 0) is 6.42 Å². The summed E-state index contributed by atoms with van der Waals surface area (Å²) >= 11 is 0. The Labute approximate surface area is 117 Å². The van der Waals surface area contributed by atoms with Gasteiger partial charge in [-0.2, -0.15) is 0 Å². The molecule has 0 bridgehead atoms. The average molecular weight is 264 g/mol. The Morgan fingerprint density at radius 3 is 2.21 bits per heavy atom. The van der Waals surface area contributed by atoms with Gasteiger partial charge in [0.1, 0.15) is 5.75 Å². The van der Waals surface area contributed by atoms with Crippen LogP contribution in [0.1, 0.15) is 30.5 Å². The Balaban J connectivity index is 2.59. The highest BCUT2D eigenvalue weighted by molar-refractivity contribution is 5.43. The van der Waals surface area contributed by atoms with Gasteiger partial charge in [-0.15, -0.1) is 0 Å². The van der Waals surface area contributed by atoms with Gasteiger partial charge in [-0.3, -0.25) is 0 Å². The zero-order chi connectivity index (χ0) is 14.5. The molecule has 0 spiro atoms. The van der Waals surface area contributed by atoms with Crippen molar-refractivity contribution in [3.05, 3.63) is 28.8 Å². The minimum absolute atomic E-state index is 0.130. The summed E-state index contributed by atoms with van der Waals surface area (Å²) in [5, 5.41) is 6.79. The van der Waals surface area contributed by atoms with Gasteiger partial charge in [0.15, 0.2) is 0 Å². The van der Waals surface area contributed by atoms with Crippen LogP contribution in [0.15, 0.2) is 12.1 Å². The van der Waals surface area contributed by atoms with Crippen LogP contribution in [-0.4, -0.2) is 32.8 Å². The molecule has 3 nitrogen and oxygen atoms in total. The molecule has 1 rings (SSSR count). The van der Waals surface area contributed by atoms with Crippen LogP contribution in [0.4, 0.5) is 0 Å². The highest BCUT2D eigenvalue weighted by Crippen LogP contribution is 2.24. The number of ether oxygens (including phenoxy) is 1. The first-order chi connectivity index (χ1) is 8.89. The molecule has 0 aromatic heterocycles. The molecule has 0 unspecified atom stereocenters. The number of nitrogens with one attached hydrogen (secondary N) is 2. The zero-order valence-electron chi connectivity index (χ0n) is 13.2. The van der Waals surface area contributed by atoms with E-state index in [1.54, 1.807) is 7.11 Å². The van der Waals surface area contributed by atoms with E-state index in [-0.39, 0.29) is 5.54 Å². The van der Waals surface area contributed by atoms with Crippen LogP contribution in [0.3, 0.4) is 0 Å². The second kappa shape index (κ2) is 6.92. The van der Waals surface area contributed by atoms with Gasteiger partial charge in [0.25, 0.3) is 0 Å². The largest absolute Gasteiger partial charge is 0.496 e. The first-order valence-electron chi connectivity index (χ1n) is 6.93. The van der Waals surface area contributed by atoms with E-state index in [0.717, 1.165) is 25.3 Å². The maximum absolute atomic E-state index is 5.40. The van der Waals surface area contributed by atoms with Crippen LogP contribution in [0, 0.1) is 13.8 Å². The van der Waals surface area contributed by atoms with Crippen molar-refractivity contribution in [1.29, 1.82) is 0 Å². The highest BCUT2D eigenvalue weighted by atomic mass is 16.5. The molecule has 0 amide bonds. The Morgan fingerprint density at radius 1 is 1.16 bits per heavy atom. The van der Waals surface area contributed by atoms with E-state index in [2.05, 4.69) is 50.5 Å². The lowest BCUT2D eigenvalue weighted by Crippen LogP contribution is -2.47. The third-order valence-electron chi connectivity index (χ3n) is 3.36. The maximum atomic E-state index is 5.40. The fourth-order valence-electron chi connectivity index (χ4n) is 2.56. The van der Waals surface area contributed by atoms with Gasteiger partial charge < -0.3 is 15.4 Å². The third kappa shape index (κ3) is 4.84. The predicted octanol–water partition coefficient (Wildman–Crippen LogP) is 2.44. The molecular formula is C16H28N2O. The number of aryl methyl sites for hydroxylation is 2. The molecule has 0 heterocycles. The third-order valence-corrected chi connectivity index (χ3v) is 3.36. The second-order valence-corrected chi connectivity index (χ2v) is 5.85. The maximum Gasteiger partial charge on any atom is 0.124 e. The highest BCUT2D eigenvalue weighted by Gasteiger charge is 2.15. The Hall–Kier alpha value is -1.06. The van der Waals surface area contributed by atoms with Crippen molar-refractivity contribution in [2.45, 2.75) is 39.7 Å². The number of hydrogen-bond acceptors (Lipinski definition) is 3. The van der Waals surface area contributed by atoms with Gasteiger partial charge in [0, 0.05) is 12.1 Å². The Bertz CT molecular complexity index is 390. The number of likely N-dealkylation sites (N-methyl/N-ethyl adjacent to an activating group) is 1. The summed E-state index contributed by atoms with van der Waals surface area (Å²) in [6.45, 7) is 10.6. The summed E-state index contributed by atoms with van der Waals surface area (Å²) in [5.41, 5.74) is 3.92. The van der Waals surface area contributed by atoms with Crippen molar-refractivity contribution in [1.82, 2.24) is 10.6 Å². The van der Waals surface area contributed by atoms with E-state index < -0.39 is 0 Å². The number of hydrogen-bond donors (Lipinski definition) is 2. The summed E-state index contributed by atoms with van der Waals surface area (Å²) in [4.78, 5) is 0. The molecule has 0 atom stereocenters. The van der Waals surface area contributed by atoms with Crippen molar-refractivity contribution in [3.8, 4) is 5.75 Å². The van der Waals surface area contributed by atoms with Crippen LogP contribution < -0.4 is 15.4 Å². The average Bonchev–Trinajstić information content (AvgIpc) is 2.28. The number of benzene rings is 1. The lowest BCUT2D eigenvalue weighted by atomic mass is 10.0. The van der Waals surface area contributed by atoms with E-state index >= 15 is 0 Å². The normalized spacial score (nSPS) is 11.7. The van der Waals surface area contributed by atoms with Gasteiger partial charge in [-0.25, -0.2) is 0 Å². The topological polar surface area (TPSA) is 33.3 Å². The summed E-state index contributed by atoms with van der Waals surface area (Å²) in [6.07, 6.45) is 1.04. The first-order valence-corrected chi connectivity index (χ1v) is 6.93. The van der Waals surface area contributed by atoms with Crippen LogP contribution >= 0.6 is 0 Å². The van der Waals surface area contributed by atoms with E-state index in [4.69, 9.17) is 4.74 Å². The summed E-state index contributed by atoms with van der Waals surface area (Å²) in [7, 11) is 3.72. The van der Waals surface area contributed by atoms with Crippen molar-refractivity contribution >= 4 is 0 Å². The molecule has 1 aromatic carbocycles. The van der Waals surface area contributed by atoms with Crippen molar-refractivity contribution < 1.29 is 4.74 Å². The molecule has 2 N–H and O–H groups in total. The minimum atomic E-state index is 0.130. The van der Waals surface area contributed by atoms with Gasteiger partial charge in [0.05, 0.1) is 7.11 Å². The first kappa shape index (κ1) is 16.0. The van der Waals surface area contributed by atoms with Gasteiger partial charge in [-0.1, -0.05) is 12.1 Å². The lowest BCUT2D eigenvalue weighted by molar-refractivity contribution is 0.378. The fourth-order valence-corrected chi connectivity index (χ4v) is 2.56. The van der Waals surface area contributed by atoms with Crippen LogP contribution in [0.2, 0.25) is 0 Å². The smallest absolute Gasteiger partial charge is 0.124 e. The zero-order valence-corrected chi connectivity index (χ0v) is 13.2. The monoisotopic (exact) mass is 264 g/mol. The molecule has 0 saturated carbocycles. The van der Waals surface area contributed by atoms with E-state index in [9.17, 15) is 0 Å². The lowest BCUT2D eigenvalue weighted by Gasteiger charge is -2.26. The van der Waals surface area contributed by atoms with Crippen molar-refractivity contribution in [3.63, 3.8) is 0 Å². The molecule has 1 aromatic rings. The fraction of sp³-hybridized carbons (Fsp3) is 0.625. The number of rotatable bonds is 7. The predicted molar refractivity (Wildman–Crippen MR) is 82.2 cm³/mol. The molecule has 0 fully saturated rings. The molecule has 0 aliphatic heterocycles. The Kier molecular flexibility index (Phi) is 5.83. The molecule has 0 aliphatic carbocycles. The number of methoxy groups -OCH3 is 1. The van der Waals surface area contributed by atoms with Crippen molar-refractivity contribution in [2.24, 2.45) is 0 Å². The minimum Gasteiger partial charge on any atom is -0.496 e. The molecule has 3 heteroatoms. The van der Waals surface area contributed by atoms with Gasteiger partial charge in [0.2, 0.25) is 0 Å². The van der Waals surface area contributed by atoms with Gasteiger partial charge in [-0.05, 0) is 64.4 Å². The van der Waals surface area contributed by atoms with Crippen LogP contribution in [0.25, 0.3) is 0 Å². The second-order valence-electron chi connectivity index (χ2n) is 5.85. The standard InChI is InChI=1S/C16H28N2O/c1-12-9-14(10-13(2)15(12)19-6)7-8-18-16(3,4)11-17-5/h9-10,17-18H,7-8,11H2,1-6H3. The molecule has 0 saturated heterocycles. The van der Waals surface area contributed by atoms with E-state index in [1.165, 1.54) is 16.7 Å². The summed E-state index contributed by atoms with van der Waals surface area (Å²) in [5.74, 6) is 1.01. The molecule has 19 heavy (non-hydrogen) atoms. The summed E-state index contributed by atoms with van der Waals surface area (Å²) < 4.78 is 5.40. The van der Waals surface area contributed by atoms with Gasteiger partial charge >= 0.3 is 0 Å².